The molecule has 1 saturated heterocycles. The molecule has 0 N–H and O–H groups in total. The van der Waals surface area contributed by atoms with Crippen LogP contribution in [0.15, 0.2) is 17.0 Å². The maximum Gasteiger partial charge on any atom is 0.343 e. The van der Waals surface area contributed by atoms with Crippen molar-refractivity contribution in [2.24, 2.45) is 0 Å². The van der Waals surface area contributed by atoms with Crippen molar-refractivity contribution >= 4 is 63.5 Å². The lowest BCUT2D eigenvalue weighted by Crippen LogP contribution is -2.42. The molecule has 1 atom stereocenters. The van der Waals surface area contributed by atoms with Gasteiger partial charge >= 0.3 is 11.9 Å². The zero-order valence-corrected chi connectivity index (χ0v) is 19.7. The minimum Gasteiger partial charge on any atom is -0.493 e. The predicted octanol–water partition coefficient (Wildman–Crippen LogP) is 2.84. The van der Waals surface area contributed by atoms with E-state index in [1.165, 1.54) is 27.2 Å². The Labute approximate surface area is 191 Å². The molecule has 162 valence electrons. The third kappa shape index (κ3) is 5.45. The van der Waals surface area contributed by atoms with Crippen LogP contribution in [-0.4, -0.2) is 61.5 Å². The number of esters is 2. The number of rotatable bonds is 8. The molecule has 0 unspecified atom stereocenters. The normalized spacial score (nSPS) is 15.9. The Morgan fingerprint density at radius 1 is 1.27 bits per heavy atom. The summed E-state index contributed by atoms with van der Waals surface area (Å²) < 4.78 is 20.9. The van der Waals surface area contributed by atoms with E-state index in [1.54, 1.807) is 19.1 Å². The van der Waals surface area contributed by atoms with Crippen LogP contribution in [0.1, 0.15) is 19.4 Å². The van der Waals surface area contributed by atoms with E-state index in [4.69, 9.17) is 14.2 Å². The summed E-state index contributed by atoms with van der Waals surface area (Å²) in [5.74, 6) is -1.07. The summed E-state index contributed by atoms with van der Waals surface area (Å²) in [5.41, 5.74) is 0.580. The molecule has 9 nitrogen and oxygen atoms in total. The number of carbonyl (C=O) groups is 4. The van der Waals surface area contributed by atoms with Gasteiger partial charge < -0.3 is 18.9 Å². The SMILES string of the molecule is CCOC(=O)[C@@H](C)N1C(=O)S/C(=C/c2cc(I)c(OCC(=O)OC)c(OC)c2)C1=O. The Kier molecular flexibility index (Phi) is 8.53. The number of benzene rings is 1. The lowest BCUT2D eigenvalue weighted by Gasteiger charge is -2.19. The summed E-state index contributed by atoms with van der Waals surface area (Å²) >= 11 is 2.74. The summed E-state index contributed by atoms with van der Waals surface area (Å²) in [6.07, 6.45) is 1.53. The Morgan fingerprint density at radius 3 is 2.57 bits per heavy atom. The summed E-state index contributed by atoms with van der Waals surface area (Å²) in [5, 5.41) is -0.550. The van der Waals surface area contributed by atoms with Crippen molar-refractivity contribution in [2.45, 2.75) is 19.9 Å². The summed E-state index contributed by atoms with van der Waals surface area (Å²) in [4.78, 5) is 49.3. The zero-order chi connectivity index (χ0) is 22.4. The number of ether oxygens (including phenoxy) is 4. The molecular formula is C19H20INO8S. The number of carbonyl (C=O) groups excluding carboxylic acids is 4. The molecule has 0 spiro atoms. The number of thioether (sulfide) groups is 1. The number of hydrogen-bond acceptors (Lipinski definition) is 9. The summed E-state index contributed by atoms with van der Waals surface area (Å²) in [6, 6.07) is 2.29. The van der Waals surface area contributed by atoms with E-state index >= 15 is 0 Å². The molecule has 30 heavy (non-hydrogen) atoms. The first-order chi connectivity index (χ1) is 14.2. The zero-order valence-electron chi connectivity index (χ0n) is 16.7. The van der Waals surface area contributed by atoms with Crippen LogP contribution in [0, 0.1) is 3.57 Å². The van der Waals surface area contributed by atoms with Gasteiger partial charge in [0.2, 0.25) is 0 Å². The quantitative estimate of drug-likeness (QED) is 0.275. The van der Waals surface area contributed by atoms with Crippen molar-refractivity contribution in [1.29, 1.82) is 0 Å². The number of halogens is 1. The predicted molar refractivity (Wildman–Crippen MR) is 117 cm³/mol. The van der Waals surface area contributed by atoms with Crippen LogP contribution in [0.5, 0.6) is 11.5 Å². The van der Waals surface area contributed by atoms with Gasteiger partial charge in [0, 0.05) is 0 Å². The lowest BCUT2D eigenvalue weighted by molar-refractivity contribution is -0.150. The highest BCUT2D eigenvalue weighted by atomic mass is 127. The first kappa shape index (κ1) is 24.0. The van der Waals surface area contributed by atoms with E-state index < -0.39 is 29.1 Å². The van der Waals surface area contributed by atoms with Gasteiger partial charge in [-0.1, -0.05) is 0 Å². The van der Waals surface area contributed by atoms with Gasteiger partial charge in [-0.2, -0.15) is 0 Å². The largest absolute Gasteiger partial charge is 0.493 e. The van der Waals surface area contributed by atoms with Crippen molar-refractivity contribution in [3.63, 3.8) is 0 Å². The van der Waals surface area contributed by atoms with E-state index in [0.29, 0.717) is 20.6 Å². The first-order valence-electron chi connectivity index (χ1n) is 8.74. The van der Waals surface area contributed by atoms with E-state index in [9.17, 15) is 19.2 Å². The van der Waals surface area contributed by atoms with Gasteiger partial charge in [0.05, 0.1) is 29.3 Å². The van der Waals surface area contributed by atoms with Gasteiger partial charge in [-0.25, -0.2) is 9.59 Å². The highest BCUT2D eigenvalue weighted by molar-refractivity contribution is 14.1. The monoisotopic (exact) mass is 549 g/mol. The van der Waals surface area contributed by atoms with Gasteiger partial charge in [-0.15, -0.1) is 0 Å². The molecule has 1 fully saturated rings. The maximum absolute atomic E-state index is 12.7. The fourth-order valence-electron chi connectivity index (χ4n) is 2.49. The number of amides is 2. The number of imide groups is 1. The number of hydrogen-bond donors (Lipinski definition) is 0. The third-order valence-corrected chi connectivity index (χ3v) is 5.64. The molecule has 1 aromatic carbocycles. The molecule has 11 heteroatoms. The molecule has 1 aromatic rings. The van der Waals surface area contributed by atoms with Gasteiger partial charge in [-0.05, 0) is 72.0 Å². The molecule has 0 saturated carbocycles. The second-order valence-corrected chi connectivity index (χ2v) is 8.03. The number of methoxy groups -OCH3 is 2. The van der Waals surface area contributed by atoms with Crippen molar-refractivity contribution in [2.75, 3.05) is 27.4 Å². The standard InChI is InChI=1S/C19H20INO8S/c1-5-28-18(24)10(2)21-17(23)14(30-19(21)25)8-11-6-12(20)16(13(7-11)26-3)29-9-15(22)27-4/h6-8,10H,5,9H2,1-4H3/b14-8+/t10-/m1/s1. The van der Waals surface area contributed by atoms with Crippen LogP contribution in [-0.2, 0) is 23.9 Å². The molecule has 1 aliphatic heterocycles. The lowest BCUT2D eigenvalue weighted by atomic mass is 10.1. The average molecular weight is 549 g/mol. The molecule has 2 amide bonds. The molecular weight excluding hydrogens is 529 g/mol. The Balaban J connectivity index is 2.29. The second-order valence-electron chi connectivity index (χ2n) is 5.88. The smallest absolute Gasteiger partial charge is 0.343 e. The van der Waals surface area contributed by atoms with Crippen LogP contribution in [0.3, 0.4) is 0 Å². The van der Waals surface area contributed by atoms with Gasteiger partial charge in [0.25, 0.3) is 11.1 Å². The van der Waals surface area contributed by atoms with Gasteiger partial charge in [0.1, 0.15) is 6.04 Å². The van der Waals surface area contributed by atoms with Crippen molar-refractivity contribution in [1.82, 2.24) is 4.90 Å². The Hall–Kier alpha value is -2.28. The Bertz CT molecular complexity index is 901. The van der Waals surface area contributed by atoms with E-state index in [0.717, 1.165) is 16.7 Å². The van der Waals surface area contributed by atoms with Gasteiger partial charge in [0.15, 0.2) is 18.1 Å². The molecule has 1 aliphatic rings. The van der Waals surface area contributed by atoms with Crippen LogP contribution in [0.4, 0.5) is 4.79 Å². The topological polar surface area (TPSA) is 108 Å². The first-order valence-corrected chi connectivity index (χ1v) is 10.6. The van der Waals surface area contributed by atoms with E-state index in [2.05, 4.69) is 4.74 Å². The van der Waals surface area contributed by atoms with Crippen molar-refractivity contribution in [3.05, 3.63) is 26.2 Å². The van der Waals surface area contributed by atoms with Crippen LogP contribution >= 0.6 is 34.4 Å². The average Bonchev–Trinajstić information content (AvgIpc) is 2.98. The number of nitrogens with zero attached hydrogens (tertiary/aromatic N) is 1. The summed E-state index contributed by atoms with van der Waals surface area (Å²) in [6.45, 7) is 2.95. The molecule has 2 rings (SSSR count). The molecule has 1 heterocycles. The highest BCUT2D eigenvalue weighted by Gasteiger charge is 2.41. The minimum absolute atomic E-state index is 0.151. The van der Waals surface area contributed by atoms with Crippen molar-refractivity contribution in [3.8, 4) is 11.5 Å². The molecule has 0 aliphatic carbocycles. The van der Waals surface area contributed by atoms with Gasteiger partial charge in [-0.3, -0.25) is 14.5 Å². The molecule has 0 bridgehead atoms. The second kappa shape index (κ2) is 10.7. The Morgan fingerprint density at radius 2 is 1.97 bits per heavy atom. The maximum atomic E-state index is 12.7. The highest BCUT2D eigenvalue weighted by Crippen LogP contribution is 2.37. The fourth-order valence-corrected chi connectivity index (χ4v) is 4.18. The van der Waals surface area contributed by atoms with Crippen molar-refractivity contribution < 1.29 is 38.1 Å². The van der Waals surface area contributed by atoms with Crippen LogP contribution in [0.2, 0.25) is 0 Å². The summed E-state index contributed by atoms with van der Waals surface area (Å²) in [7, 11) is 2.70. The molecule has 0 aromatic heterocycles. The fraction of sp³-hybridized carbons (Fsp3) is 0.368. The minimum atomic E-state index is -1.02. The van der Waals surface area contributed by atoms with E-state index in [-0.39, 0.29) is 18.1 Å². The van der Waals surface area contributed by atoms with Crippen LogP contribution < -0.4 is 9.47 Å². The molecule has 0 radical (unpaired) electrons. The van der Waals surface area contributed by atoms with Crippen LogP contribution in [0.25, 0.3) is 6.08 Å². The van der Waals surface area contributed by atoms with E-state index in [1.807, 2.05) is 22.6 Å². The third-order valence-electron chi connectivity index (χ3n) is 3.95.